The van der Waals surface area contributed by atoms with E-state index in [1.165, 1.54) is 12.1 Å². The first-order chi connectivity index (χ1) is 11.9. The van der Waals surface area contributed by atoms with Crippen molar-refractivity contribution in [1.82, 2.24) is 5.32 Å². The SMILES string of the molecule is O=C(NCC=Cc1cccc(F)c1C(F)(F)F)OCc1ccccc1. The maximum atomic E-state index is 13.4. The van der Waals surface area contributed by atoms with Crippen LogP contribution in [0.25, 0.3) is 6.08 Å². The predicted octanol–water partition coefficient (Wildman–Crippen LogP) is 4.78. The zero-order valence-electron chi connectivity index (χ0n) is 13.0. The van der Waals surface area contributed by atoms with E-state index < -0.39 is 23.7 Å². The zero-order chi connectivity index (χ0) is 18.3. The summed E-state index contributed by atoms with van der Waals surface area (Å²) in [5.41, 5.74) is -0.840. The van der Waals surface area contributed by atoms with Gasteiger partial charge in [-0.25, -0.2) is 9.18 Å². The summed E-state index contributed by atoms with van der Waals surface area (Å²) in [4.78, 5) is 11.5. The molecule has 0 saturated heterocycles. The van der Waals surface area contributed by atoms with E-state index in [9.17, 15) is 22.4 Å². The van der Waals surface area contributed by atoms with Crippen LogP contribution >= 0.6 is 0 Å². The van der Waals surface area contributed by atoms with Crippen molar-refractivity contribution in [3.8, 4) is 0 Å². The lowest BCUT2D eigenvalue weighted by Crippen LogP contribution is -2.24. The largest absolute Gasteiger partial charge is 0.445 e. The molecule has 2 rings (SSSR count). The molecule has 0 radical (unpaired) electrons. The lowest BCUT2D eigenvalue weighted by Gasteiger charge is -2.11. The molecule has 7 heteroatoms. The molecular weight excluding hydrogens is 338 g/mol. The van der Waals surface area contributed by atoms with E-state index >= 15 is 0 Å². The summed E-state index contributed by atoms with van der Waals surface area (Å²) < 4.78 is 56.9. The van der Waals surface area contributed by atoms with Crippen molar-refractivity contribution in [2.45, 2.75) is 12.8 Å². The number of alkyl carbamates (subject to hydrolysis) is 1. The van der Waals surface area contributed by atoms with E-state index in [0.29, 0.717) is 0 Å². The normalized spacial score (nSPS) is 11.5. The number of carbonyl (C=O) groups excluding carboxylic acids is 1. The van der Waals surface area contributed by atoms with Gasteiger partial charge in [0.15, 0.2) is 0 Å². The third-order valence-corrected chi connectivity index (χ3v) is 3.20. The highest BCUT2D eigenvalue weighted by Crippen LogP contribution is 2.34. The van der Waals surface area contributed by atoms with Crippen molar-refractivity contribution in [2.75, 3.05) is 6.54 Å². The predicted molar refractivity (Wildman–Crippen MR) is 85.1 cm³/mol. The molecule has 0 aromatic heterocycles. The molecular formula is C18H15F4NO2. The summed E-state index contributed by atoms with van der Waals surface area (Å²) >= 11 is 0. The van der Waals surface area contributed by atoms with E-state index in [4.69, 9.17) is 4.74 Å². The standard InChI is InChI=1S/C18H15F4NO2/c19-15-10-4-8-14(16(15)18(20,21)22)9-5-11-23-17(24)25-12-13-6-2-1-3-7-13/h1-10H,11-12H2,(H,23,24). The minimum absolute atomic E-state index is 0.0541. The summed E-state index contributed by atoms with van der Waals surface area (Å²) in [6.45, 7) is 0.0277. The maximum absolute atomic E-state index is 13.4. The van der Waals surface area contributed by atoms with Gasteiger partial charge in [0.25, 0.3) is 0 Å². The highest BCUT2D eigenvalue weighted by Gasteiger charge is 2.35. The van der Waals surface area contributed by atoms with Crippen LogP contribution in [-0.2, 0) is 17.5 Å². The number of hydrogen-bond acceptors (Lipinski definition) is 2. The van der Waals surface area contributed by atoms with Gasteiger partial charge in [-0.05, 0) is 17.2 Å². The Hall–Kier alpha value is -2.83. The Morgan fingerprint density at radius 1 is 1.08 bits per heavy atom. The van der Waals surface area contributed by atoms with Gasteiger partial charge in [-0.2, -0.15) is 13.2 Å². The Bertz CT molecular complexity index is 742. The van der Waals surface area contributed by atoms with Crippen LogP contribution in [0.3, 0.4) is 0 Å². The Kier molecular flexibility index (Phi) is 6.16. The van der Waals surface area contributed by atoms with Crippen LogP contribution in [0.4, 0.5) is 22.4 Å². The summed E-state index contributed by atoms with van der Waals surface area (Å²) in [5.74, 6) is -1.34. The van der Waals surface area contributed by atoms with Crippen LogP contribution in [-0.4, -0.2) is 12.6 Å². The van der Waals surface area contributed by atoms with Gasteiger partial charge in [0.1, 0.15) is 12.4 Å². The first kappa shape index (κ1) is 18.5. The monoisotopic (exact) mass is 353 g/mol. The van der Waals surface area contributed by atoms with E-state index in [0.717, 1.165) is 23.8 Å². The van der Waals surface area contributed by atoms with Crippen LogP contribution in [0, 0.1) is 5.82 Å². The van der Waals surface area contributed by atoms with Crippen molar-refractivity contribution in [3.05, 3.63) is 77.1 Å². The zero-order valence-corrected chi connectivity index (χ0v) is 13.0. The molecule has 2 aromatic carbocycles. The molecule has 0 atom stereocenters. The second kappa shape index (κ2) is 8.32. The number of rotatable bonds is 5. The summed E-state index contributed by atoms with van der Waals surface area (Å²) in [6, 6.07) is 12.1. The van der Waals surface area contributed by atoms with Crippen LogP contribution in [0.1, 0.15) is 16.7 Å². The lowest BCUT2D eigenvalue weighted by atomic mass is 10.1. The number of halogens is 4. The van der Waals surface area contributed by atoms with Crippen LogP contribution in [0.2, 0.25) is 0 Å². The molecule has 0 heterocycles. The summed E-state index contributed by atoms with van der Waals surface area (Å²) in [5, 5.41) is 2.37. The van der Waals surface area contributed by atoms with Crippen molar-refractivity contribution >= 4 is 12.2 Å². The molecule has 0 aliphatic rings. The minimum Gasteiger partial charge on any atom is -0.445 e. The van der Waals surface area contributed by atoms with Gasteiger partial charge < -0.3 is 10.1 Å². The Labute approximate surface area is 141 Å². The van der Waals surface area contributed by atoms with Crippen LogP contribution in [0.15, 0.2) is 54.6 Å². The molecule has 0 unspecified atom stereocenters. The number of alkyl halides is 3. The van der Waals surface area contributed by atoms with Crippen molar-refractivity contribution in [2.24, 2.45) is 0 Å². The van der Waals surface area contributed by atoms with Gasteiger partial charge in [0.2, 0.25) is 0 Å². The molecule has 132 valence electrons. The Morgan fingerprint density at radius 3 is 2.48 bits per heavy atom. The van der Waals surface area contributed by atoms with E-state index in [2.05, 4.69) is 5.32 Å². The molecule has 0 fully saturated rings. The summed E-state index contributed by atoms with van der Waals surface area (Å²) in [7, 11) is 0. The number of carbonyl (C=O) groups is 1. The second-order valence-electron chi connectivity index (χ2n) is 5.05. The molecule has 0 aliphatic carbocycles. The quantitative estimate of drug-likeness (QED) is 0.786. The lowest BCUT2D eigenvalue weighted by molar-refractivity contribution is -0.140. The molecule has 1 amide bonds. The average Bonchev–Trinajstić information content (AvgIpc) is 2.56. The molecule has 0 bridgehead atoms. The van der Waals surface area contributed by atoms with Crippen molar-refractivity contribution in [3.63, 3.8) is 0 Å². The first-order valence-electron chi connectivity index (χ1n) is 7.34. The van der Waals surface area contributed by atoms with Crippen LogP contribution in [0.5, 0.6) is 0 Å². The highest BCUT2D eigenvalue weighted by atomic mass is 19.4. The third-order valence-electron chi connectivity index (χ3n) is 3.20. The fraction of sp³-hybridized carbons (Fsp3) is 0.167. The van der Waals surface area contributed by atoms with Crippen molar-refractivity contribution < 1.29 is 27.1 Å². The number of nitrogens with one attached hydrogen (secondary N) is 1. The topological polar surface area (TPSA) is 38.3 Å². The third kappa shape index (κ3) is 5.63. The van der Waals surface area contributed by atoms with Crippen LogP contribution < -0.4 is 5.32 Å². The summed E-state index contributed by atoms with van der Waals surface area (Å²) in [6.07, 6.45) is -3.12. The molecule has 2 aromatic rings. The van der Waals surface area contributed by atoms with Gasteiger partial charge in [-0.3, -0.25) is 0 Å². The molecule has 0 saturated carbocycles. The fourth-order valence-electron chi connectivity index (χ4n) is 2.08. The molecule has 0 aliphatic heterocycles. The first-order valence-corrected chi connectivity index (χ1v) is 7.34. The van der Waals surface area contributed by atoms with Crippen molar-refractivity contribution in [1.29, 1.82) is 0 Å². The number of benzene rings is 2. The van der Waals surface area contributed by atoms with E-state index in [-0.39, 0.29) is 18.7 Å². The molecule has 1 N–H and O–H groups in total. The Morgan fingerprint density at radius 2 is 1.80 bits per heavy atom. The number of hydrogen-bond donors (Lipinski definition) is 1. The fourth-order valence-corrected chi connectivity index (χ4v) is 2.08. The maximum Gasteiger partial charge on any atom is 0.419 e. The van der Waals surface area contributed by atoms with Gasteiger partial charge in [-0.15, -0.1) is 0 Å². The minimum atomic E-state index is -4.80. The second-order valence-corrected chi connectivity index (χ2v) is 5.05. The van der Waals surface area contributed by atoms with Gasteiger partial charge in [0.05, 0.1) is 5.56 Å². The number of amides is 1. The molecule has 0 spiro atoms. The van der Waals surface area contributed by atoms with Gasteiger partial charge in [-0.1, -0.05) is 54.6 Å². The smallest absolute Gasteiger partial charge is 0.419 e. The van der Waals surface area contributed by atoms with E-state index in [1.54, 1.807) is 24.3 Å². The Balaban J connectivity index is 1.87. The molecule has 3 nitrogen and oxygen atoms in total. The molecule has 25 heavy (non-hydrogen) atoms. The highest BCUT2D eigenvalue weighted by molar-refractivity contribution is 5.67. The number of ether oxygens (including phenoxy) is 1. The average molecular weight is 353 g/mol. The van der Waals surface area contributed by atoms with Gasteiger partial charge in [0, 0.05) is 6.54 Å². The van der Waals surface area contributed by atoms with E-state index in [1.807, 2.05) is 6.07 Å². The van der Waals surface area contributed by atoms with Gasteiger partial charge >= 0.3 is 12.3 Å².